The summed E-state index contributed by atoms with van der Waals surface area (Å²) in [6, 6.07) is 24.5. The first-order chi connectivity index (χ1) is 25.0. The molecular weight excluding hydrogens is 629 g/mol. The molecule has 8 nitrogen and oxygen atoms in total. The second-order valence-corrected chi connectivity index (χ2v) is 12.7. The van der Waals surface area contributed by atoms with Gasteiger partial charge in [0.25, 0.3) is 0 Å². The SMILES string of the molecule is C[n+]1ccccc1C1=C2C=CC(=N2)C(c2ccccn2)=C2C=CC(=N2)C(c2cccc[n+]2C)=C2C=CC(=N2)C(c2cccc[n+]2C)=C2C=CC1=N2. The summed E-state index contributed by atoms with van der Waals surface area (Å²) in [5.41, 5.74) is 13.9. The van der Waals surface area contributed by atoms with E-state index in [1.54, 1.807) is 0 Å². The first kappa shape index (κ1) is 30.3. The van der Waals surface area contributed by atoms with Gasteiger partial charge in [-0.05, 0) is 78.9 Å². The van der Waals surface area contributed by atoms with E-state index in [0.29, 0.717) is 0 Å². The Balaban J connectivity index is 1.40. The van der Waals surface area contributed by atoms with Gasteiger partial charge >= 0.3 is 0 Å². The summed E-state index contributed by atoms with van der Waals surface area (Å²) in [6.07, 6.45) is 24.6. The zero-order chi connectivity index (χ0) is 34.5. The van der Waals surface area contributed by atoms with Gasteiger partial charge in [0, 0.05) is 42.6 Å². The zero-order valence-electron chi connectivity index (χ0n) is 28.4. The fraction of sp³-hybridized carbons (Fsp3) is 0.0698. The van der Waals surface area contributed by atoms with Crippen LogP contribution in [0.5, 0.6) is 0 Å². The van der Waals surface area contributed by atoms with E-state index >= 15 is 0 Å². The van der Waals surface area contributed by atoms with Crippen LogP contribution in [0.2, 0.25) is 0 Å². The molecule has 242 valence electrons. The van der Waals surface area contributed by atoms with Crippen molar-refractivity contribution in [3.8, 4) is 0 Å². The molecule has 0 saturated carbocycles. The number of pyridine rings is 4. The van der Waals surface area contributed by atoms with Gasteiger partial charge in [0.05, 0.1) is 73.6 Å². The van der Waals surface area contributed by atoms with Gasteiger partial charge in [0.1, 0.15) is 21.1 Å². The molecule has 0 fully saturated rings. The van der Waals surface area contributed by atoms with E-state index < -0.39 is 0 Å². The number of hydrogen-bond acceptors (Lipinski definition) is 5. The summed E-state index contributed by atoms with van der Waals surface area (Å²) >= 11 is 0. The Hall–Kier alpha value is -6.80. The lowest BCUT2D eigenvalue weighted by Gasteiger charge is -2.10. The molecule has 4 aromatic heterocycles. The molecule has 5 aliphatic heterocycles. The highest BCUT2D eigenvalue weighted by molar-refractivity contribution is 6.39. The molecule has 5 aliphatic rings. The van der Waals surface area contributed by atoms with E-state index in [1.807, 2.05) is 81.2 Å². The first-order valence-electron chi connectivity index (χ1n) is 16.9. The maximum atomic E-state index is 5.36. The smallest absolute Gasteiger partial charge is 0.216 e. The van der Waals surface area contributed by atoms with E-state index in [-0.39, 0.29) is 0 Å². The largest absolute Gasteiger partial charge is 0.256 e. The lowest BCUT2D eigenvalue weighted by atomic mass is 10.0. The molecule has 0 amide bonds. The topological polar surface area (TPSA) is 74.0 Å². The molecule has 4 aromatic rings. The molecule has 8 heteroatoms. The van der Waals surface area contributed by atoms with E-state index in [2.05, 4.69) is 99.8 Å². The fourth-order valence-corrected chi connectivity index (χ4v) is 7.00. The van der Waals surface area contributed by atoms with Crippen LogP contribution < -0.4 is 13.7 Å². The first-order valence-corrected chi connectivity index (χ1v) is 16.9. The standard InChI is InChI=1S/C43H33N8/c1-49-25-9-5-13-37(49)41-31-18-16-29(45-31)40(28-12-4-8-24-44-28)30-17-19-32(46-30)42(38-14-6-10-26-50(38)2)34-21-23-36(48-34)43(35-22-20-33(41)47-35)39-15-7-11-27-51(39)3/h4-27H,1-3H3/q+3. The Bertz CT molecular complexity index is 2540. The van der Waals surface area contributed by atoms with Gasteiger partial charge in [-0.25, -0.2) is 33.7 Å². The number of allylic oxidation sites excluding steroid dienone is 12. The van der Waals surface area contributed by atoms with Crippen LogP contribution in [0.3, 0.4) is 0 Å². The number of rotatable bonds is 4. The Morgan fingerprint density at radius 2 is 0.725 bits per heavy atom. The quantitative estimate of drug-likeness (QED) is 0.264. The number of aryl methyl sites for hydroxylation is 3. The van der Waals surface area contributed by atoms with Crippen molar-refractivity contribution < 1.29 is 13.7 Å². The second-order valence-electron chi connectivity index (χ2n) is 12.7. The Labute approximate surface area is 296 Å². The van der Waals surface area contributed by atoms with E-state index in [9.17, 15) is 0 Å². The molecule has 8 bridgehead atoms. The normalized spacial score (nSPS) is 17.5. The number of aromatic nitrogens is 4. The van der Waals surface area contributed by atoms with Crippen LogP contribution in [-0.2, 0) is 21.1 Å². The van der Waals surface area contributed by atoms with Crippen LogP contribution in [0.15, 0.2) is 189 Å². The van der Waals surface area contributed by atoms with E-state index in [1.165, 1.54) is 0 Å². The highest BCUT2D eigenvalue weighted by Crippen LogP contribution is 2.37. The summed E-state index contributed by atoms with van der Waals surface area (Å²) in [6.45, 7) is 0. The molecule has 9 heterocycles. The minimum Gasteiger partial charge on any atom is -0.256 e. The summed E-state index contributed by atoms with van der Waals surface area (Å²) < 4.78 is 6.34. The van der Waals surface area contributed by atoms with Crippen LogP contribution in [0.25, 0.3) is 22.3 Å². The van der Waals surface area contributed by atoms with Crippen LogP contribution in [-0.4, -0.2) is 27.8 Å². The second kappa shape index (κ2) is 12.3. The Morgan fingerprint density at radius 1 is 0.373 bits per heavy atom. The fourth-order valence-electron chi connectivity index (χ4n) is 7.00. The van der Waals surface area contributed by atoms with Crippen molar-refractivity contribution in [2.75, 3.05) is 0 Å². The predicted molar refractivity (Wildman–Crippen MR) is 201 cm³/mol. The average molecular weight is 662 g/mol. The van der Waals surface area contributed by atoms with Gasteiger partial charge in [-0.15, -0.1) is 0 Å². The lowest BCUT2D eigenvalue weighted by Crippen LogP contribution is -2.34. The molecule has 0 aliphatic carbocycles. The van der Waals surface area contributed by atoms with Crippen molar-refractivity contribution in [2.45, 2.75) is 0 Å². The molecule has 51 heavy (non-hydrogen) atoms. The number of hydrogen-bond donors (Lipinski definition) is 0. The third-order valence-corrected chi connectivity index (χ3v) is 9.46. The van der Waals surface area contributed by atoms with Gasteiger partial charge < -0.3 is 0 Å². The van der Waals surface area contributed by atoms with Crippen molar-refractivity contribution in [3.05, 3.63) is 192 Å². The highest BCUT2D eigenvalue weighted by Gasteiger charge is 2.32. The summed E-state index contributed by atoms with van der Waals surface area (Å²) in [7, 11) is 6.15. The molecule has 0 radical (unpaired) electrons. The Morgan fingerprint density at radius 3 is 1.08 bits per heavy atom. The van der Waals surface area contributed by atoms with Gasteiger partial charge in [-0.2, -0.15) is 0 Å². The monoisotopic (exact) mass is 661 g/mol. The minimum atomic E-state index is 0.785. The van der Waals surface area contributed by atoms with Crippen molar-refractivity contribution in [1.29, 1.82) is 0 Å². The highest BCUT2D eigenvalue weighted by atomic mass is 15.0. The minimum absolute atomic E-state index is 0.785. The summed E-state index contributed by atoms with van der Waals surface area (Å²) in [5.74, 6) is 0. The maximum Gasteiger partial charge on any atom is 0.216 e. The summed E-state index contributed by atoms with van der Waals surface area (Å²) in [5, 5.41) is 0. The summed E-state index contributed by atoms with van der Waals surface area (Å²) in [4.78, 5) is 26.1. The zero-order valence-corrected chi connectivity index (χ0v) is 28.4. The number of aliphatic imine (C=N–C) groups is 4. The molecule has 0 atom stereocenters. The molecule has 0 spiro atoms. The van der Waals surface area contributed by atoms with Crippen LogP contribution >= 0.6 is 0 Å². The van der Waals surface area contributed by atoms with Crippen molar-refractivity contribution in [1.82, 2.24) is 4.98 Å². The average Bonchev–Trinajstić information content (AvgIpc) is 3.99. The Kier molecular flexibility index (Phi) is 7.28. The van der Waals surface area contributed by atoms with Crippen molar-refractivity contribution in [3.63, 3.8) is 0 Å². The van der Waals surface area contributed by atoms with E-state index in [0.717, 1.165) is 90.7 Å². The van der Waals surface area contributed by atoms with Gasteiger partial charge in [0.15, 0.2) is 18.6 Å². The molecule has 0 aromatic carbocycles. The van der Waals surface area contributed by atoms with Crippen LogP contribution in [0, 0.1) is 0 Å². The third kappa shape index (κ3) is 5.25. The molecule has 0 unspecified atom stereocenters. The molecule has 0 N–H and O–H groups in total. The van der Waals surface area contributed by atoms with Crippen LogP contribution in [0.1, 0.15) is 22.8 Å². The van der Waals surface area contributed by atoms with Gasteiger partial charge in [0.2, 0.25) is 17.1 Å². The van der Waals surface area contributed by atoms with Crippen molar-refractivity contribution >= 4 is 45.1 Å². The molecule has 0 saturated heterocycles. The maximum absolute atomic E-state index is 5.36. The van der Waals surface area contributed by atoms with E-state index in [4.69, 9.17) is 25.0 Å². The predicted octanol–water partition coefficient (Wildman–Crippen LogP) is 5.56. The molecular formula is C43H33N8+3. The van der Waals surface area contributed by atoms with Crippen molar-refractivity contribution in [2.24, 2.45) is 41.1 Å². The number of fused-ring (bicyclic) bond motifs is 4. The van der Waals surface area contributed by atoms with Gasteiger partial charge in [-0.1, -0.05) is 6.07 Å². The lowest BCUT2D eigenvalue weighted by molar-refractivity contribution is -0.673. The van der Waals surface area contributed by atoms with Gasteiger partial charge in [-0.3, -0.25) is 4.98 Å². The number of nitrogens with zero attached hydrogens (tertiary/aromatic N) is 8. The van der Waals surface area contributed by atoms with Crippen LogP contribution in [0.4, 0.5) is 0 Å². The molecule has 9 rings (SSSR count). The third-order valence-electron chi connectivity index (χ3n) is 9.46.